The molecule has 0 spiro atoms. The minimum Gasteiger partial charge on any atom is -0.489 e. The highest BCUT2D eigenvalue weighted by Gasteiger charge is 2.49. The van der Waals surface area contributed by atoms with Gasteiger partial charge >= 0.3 is 5.97 Å². The van der Waals surface area contributed by atoms with Crippen molar-refractivity contribution in [2.24, 2.45) is 0 Å². The van der Waals surface area contributed by atoms with E-state index in [4.69, 9.17) is 16.3 Å². The molecule has 0 saturated carbocycles. The Morgan fingerprint density at radius 1 is 1.30 bits per heavy atom. The molecule has 1 fully saturated rings. The summed E-state index contributed by atoms with van der Waals surface area (Å²) in [6, 6.07) is 7.82. The molecule has 2 N–H and O–H groups in total. The van der Waals surface area contributed by atoms with E-state index >= 15 is 0 Å². The predicted octanol–water partition coefficient (Wildman–Crippen LogP) is 3.05. The Balaban J connectivity index is 1.78. The topological polar surface area (TPSA) is 104 Å². The molecule has 7 nitrogen and oxygen atoms in total. The SMILES string of the molecule is CC1(O)CCCN(S(=O)(=O)c2ccc(OCc3ccc(F)cc3Cl)cc2)C1C(=O)O. The zero-order valence-electron chi connectivity index (χ0n) is 16.1. The lowest BCUT2D eigenvalue weighted by atomic mass is 9.88. The lowest BCUT2D eigenvalue weighted by Gasteiger charge is -2.41. The van der Waals surface area contributed by atoms with Crippen LogP contribution in [0.5, 0.6) is 5.75 Å². The molecule has 30 heavy (non-hydrogen) atoms. The second-order valence-corrected chi connectivity index (χ2v) is 9.61. The Morgan fingerprint density at radius 3 is 2.57 bits per heavy atom. The number of benzene rings is 2. The molecule has 1 heterocycles. The smallest absolute Gasteiger partial charge is 0.325 e. The van der Waals surface area contributed by atoms with Crippen LogP contribution < -0.4 is 4.74 Å². The fourth-order valence-corrected chi connectivity index (χ4v) is 5.40. The molecular formula is C20H21ClFNO6S. The van der Waals surface area contributed by atoms with Crippen molar-refractivity contribution in [2.75, 3.05) is 6.54 Å². The molecule has 1 aliphatic heterocycles. The molecule has 2 aromatic rings. The summed E-state index contributed by atoms with van der Waals surface area (Å²) in [5, 5.41) is 20.1. The van der Waals surface area contributed by atoms with Crippen LogP contribution in [0, 0.1) is 5.82 Å². The van der Waals surface area contributed by atoms with Crippen molar-refractivity contribution >= 4 is 27.6 Å². The highest BCUT2D eigenvalue weighted by Crippen LogP contribution is 2.33. The summed E-state index contributed by atoms with van der Waals surface area (Å²) in [5.41, 5.74) is -1.11. The third-order valence-electron chi connectivity index (χ3n) is 5.01. The van der Waals surface area contributed by atoms with E-state index in [-0.39, 0.29) is 29.5 Å². The molecule has 0 aromatic heterocycles. The van der Waals surface area contributed by atoms with E-state index in [0.29, 0.717) is 17.7 Å². The average molecular weight is 458 g/mol. The number of carboxylic acid groups (broad SMARTS) is 1. The summed E-state index contributed by atoms with van der Waals surface area (Å²) in [4.78, 5) is 11.5. The summed E-state index contributed by atoms with van der Waals surface area (Å²) in [6.07, 6.45) is 0.532. The maximum absolute atomic E-state index is 13.1. The molecule has 1 saturated heterocycles. The van der Waals surface area contributed by atoms with Crippen LogP contribution in [-0.4, -0.2) is 47.1 Å². The third kappa shape index (κ3) is 4.59. The molecule has 2 unspecified atom stereocenters. The Hall–Kier alpha value is -2.20. The molecular weight excluding hydrogens is 437 g/mol. The van der Waals surface area contributed by atoms with Gasteiger partial charge in [-0.2, -0.15) is 4.31 Å². The highest BCUT2D eigenvalue weighted by atomic mass is 35.5. The molecule has 0 amide bonds. The third-order valence-corrected chi connectivity index (χ3v) is 7.24. The minimum atomic E-state index is -4.15. The molecule has 2 atom stereocenters. The van der Waals surface area contributed by atoms with Crippen LogP contribution >= 0.6 is 11.6 Å². The van der Waals surface area contributed by atoms with Crippen LogP contribution in [0.4, 0.5) is 4.39 Å². The van der Waals surface area contributed by atoms with Gasteiger partial charge in [-0.3, -0.25) is 4.79 Å². The van der Waals surface area contributed by atoms with Crippen LogP contribution in [0.25, 0.3) is 0 Å². The number of aliphatic carboxylic acids is 1. The normalized spacial score (nSPS) is 22.6. The predicted molar refractivity (Wildman–Crippen MR) is 107 cm³/mol. The molecule has 0 radical (unpaired) electrons. The summed E-state index contributed by atoms with van der Waals surface area (Å²) in [5.74, 6) is -1.51. The van der Waals surface area contributed by atoms with Crippen molar-refractivity contribution in [3.05, 3.63) is 58.9 Å². The summed E-state index contributed by atoms with van der Waals surface area (Å²) >= 11 is 5.96. The van der Waals surface area contributed by atoms with Crippen LogP contribution in [0.2, 0.25) is 5.02 Å². The van der Waals surface area contributed by atoms with Crippen molar-refractivity contribution in [2.45, 2.75) is 42.9 Å². The molecule has 3 rings (SSSR count). The monoisotopic (exact) mass is 457 g/mol. The number of halogens is 2. The van der Waals surface area contributed by atoms with Crippen LogP contribution in [0.15, 0.2) is 47.4 Å². The molecule has 0 bridgehead atoms. The van der Waals surface area contributed by atoms with E-state index < -0.39 is 33.5 Å². The zero-order chi connectivity index (χ0) is 22.1. The number of rotatable bonds is 6. The Kier molecular flexibility index (Phi) is 6.37. The number of carbonyl (C=O) groups is 1. The average Bonchev–Trinajstić information content (AvgIpc) is 2.66. The van der Waals surface area contributed by atoms with Gasteiger partial charge in [-0.05, 0) is 56.2 Å². The van der Waals surface area contributed by atoms with Crippen LogP contribution in [0.1, 0.15) is 25.3 Å². The van der Waals surface area contributed by atoms with Gasteiger partial charge in [0.25, 0.3) is 0 Å². The quantitative estimate of drug-likeness (QED) is 0.691. The van der Waals surface area contributed by atoms with Gasteiger partial charge in [-0.1, -0.05) is 17.7 Å². The first-order valence-electron chi connectivity index (χ1n) is 9.16. The number of sulfonamides is 1. The fourth-order valence-electron chi connectivity index (χ4n) is 3.46. The summed E-state index contributed by atoms with van der Waals surface area (Å²) in [7, 11) is -4.15. The van der Waals surface area contributed by atoms with Gasteiger partial charge in [0.05, 0.1) is 15.5 Å². The van der Waals surface area contributed by atoms with Crippen LogP contribution in [-0.2, 0) is 21.4 Å². The Labute approximate surface area is 178 Å². The van der Waals surface area contributed by atoms with E-state index in [2.05, 4.69) is 0 Å². The zero-order valence-corrected chi connectivity index (χ0v) is 17.7. The largest absolute Gasteiger partial charge is 0.489 e. The maximum Gasteiger partial charge on any atom is 0.325 e. The lowest BCUT2D eigenvalue weighted by molar-refractivity contribution is -0.153. The van der Waals surface area contributed by atoms with Crippen molar-refractivity contribution in [3.8, 4) is 5.75 Å². The van der Waals surface area contributed by atoms with Gasteiger partial charge in [0, 0.05) is 12.1 Å². The van der Waals surface area contributed by atoms with E-state index in [1.807, 2.05) is 0 Å². The van der Waals surface area contributed by atoms with E-state index in [9.17, 15) is 27.8 Å². The van der Waals surface area contributed by atoms with E-state index in [0.717, 1.165) is 4.31 Å². The van der Waals surface area contributed by atoms with Crippen molar-refractivity contribution in [1.82, 2.24) is 4.31 Å². The lowest BCUT2D eigenvalue weighted by Crippen LogP contribution is -2.60. The summed E-state index contributed by atoms with van der Waals surface area (Å²) in [6.45, 7) is 1.38. The first-order valence-corrected chi connectivity index (χ1v) is 11.0. The van der Waals surface area contributed by atoms with Gasteiger partial charge in [0.15, 0.2) is 6.04 Å². The van der Waals surface area contributed by atoms with Gasteiger partial charge in [-0.15, -0.1) is 0 Å². The second kappa shape index (κ2) is 8.50. The first kappa shape index (κ1) is 22.5. The molecule has 2 aromatic carbocycles. The Morgan fingerprint density at radius 2 is 1.97 bits per heavy atom. The molecule has 162 valence electrons. The summed E-state index contributed by atoms with van der Waals surface area (Å²) < 4.78 is 45.5. The van der Waals surface area contributed by atoms with Gasteiger partial charge in [0.2, 0.25) is 10.0 Å². The minimum absolute atomic E-state index is 0.00321. The van der Waals surface area contributed by atoms with Gasteiger partial charge < -0.3 is 14.9 Å². The highest BCUT2D eigenvalue weighted by molar-refractivity contribution is 7.89. The van der Waals surface area contributed by atoms with Gasteiger partial charge in [-0.25, -0.2) is 12.8 Å². The first-order chi connectivity index (χ1) is 14.0. The maximum atomic E-state index is 13.1. The number of carboxylic acids is 1. The van der Waals surface area contributed by atoms with E-state index in [1.54, 1.807) is 0 Å². The van der Waals surface area contributed by atoms with Crippen LogP contribution in [0.3, 0.4) is 0 Å². The number of nitrogens with zero attached hydrogens (tertiary/aromatic N) is 1. The van der Waals surface area contributed by atoms with E-state index in [1.165, 1.54) is 49.4 Å². The number of hydrogen-bond acceptors (Lipinski definition) is 5. The standard InChI is InChI=1S/C20H21ClFNO6S/c1-20(26)9-2-10-23(18(20)19(24)25)30(27,28)16-7-5-15(6-8-16)29-12-13-3-4-14(22)11-17(13)21/h3-8,11,18,26H,2,9-10,12H2,1H3,(H,24,25). The molecule has 1 aliphatic rings. The Bertz CT molecular complexity index is 1040. The number of hydrogen-bond donors (Lipinski definition) is 2. The number of aliphatic hydroxyl groups is 1. The second-order valence-electron chi connectivity index (χ2n) is 7.31. The molecule has 10 heteroatoms. The van der Waals surface area contributed by atoms with Gasteiger partial charge in [0.1, 0.15) is 18.2 Å². The number of piperidine rings is 1. The van der Waals surface area contributed by atoms with Crippen molar-refractivity contribution in [3.63, 3.8) is 0 Å². The fraction of sp³-hybridized carbons (Fsp3) is 0.350. The van der Waals surface area contributed by atoms with Crippen molar-refractivity contribution < 1.29 is 32.6 Å². The van der Waals surface area contributed by atoms with Crippen molar-refractivity contribution in [1.29, 1.82) is 0 Å². The molecule has 0 aliphatic carbocycles. The number of ether oxygens (including phenoxy) is 1.